The fraction of sp³-hybridized carbons (Fsp3) is 0.611. The highest BCUT2D eigenvalue weighted by atomic mass is 32.2. The molecule has 1 aromatic carbocycles. The highest BCUT2D eigenvalue weighted by Gasteiger charge is 2.29. The summed E-state index contributed by atoms with van der Waals surface area (Å²) in [5.74, 6) is 1.04. The average Bonchev–Trinajstić information content (AvgIpc) is 2.92. The Morgan fingerprint density at radius 3 is 2.63 bits per heavy atom. The number of amides is 1. The normalized spacial score (nSPS) is 19.4. The summed E-state index contributed by atoms with van der Waals surface area (Å²) in [5, 5.41) is 0. The van der Waals surface area contributed by atoms with E-state index in [1.54, 1.807) is 17.0 Å². The van der Waals surface area contributed by atoms with E-state index in [1.807, 2.05) is 6.92 Å². The van der Waals surface area contributed by atoms with Crippen LogP contribution in [0.5, 0.6) is 11.5 Å². The van der Waals surface area contributed by atoms with Crippen LogP contribution in [0.25, 0.3) is 0 Å². The van der Waals surface area contributed by atoms with Crippen LogP contribution in [0.4, 0.5) is 0 Å². The van der Waals surface area contributed by atoms with E-state index in [-0.39, 0.29) is 23.4 Å². The van der Waals surface area contributed by atoms with Gasteiger partial charge in [0.1, 0.15) is 13.2 Å². The van der Waals surface area contributed by atoms with E-state index in [4.69, 9.17) is 15.2 Å². The second-order valence-electron chi connectivity index (χ2n) is 6.96. The van der Waals surface area contributed by atoms with Gasteiger partial charge in [0.2, 0.25) is 15.9 Å². The molecule has 2 aliphatic rings. The zero-order chi connectivity index (χ0) is 19.4. The van der Waals surface area contributed by atoms with Crippen LogP contribution in [0, 0.1) is 0 Å². The van der Waals surface area contributed by atoms with Gasteiger partial charge in [-0.15, -0.1) is 0 Å². The standard InChI is InChI=1S/C18H27N3O5S/c1-14(19)3-6-18(22)20-7-2-8-21(10-9-20)27(23,24)15-4-5-16-17(13-15)26-12-11-25-16/h4-5,13-14H,2-3,6-12,19H2,1H3. The maximum atomic E-state index is 13.0. The number of carbonyl (C=O) groups is 1. The molecule has 0 radical (unpaired) electrons. The maximum Gasteiger partial charge on any atom is 0.243 e. The Kier molecular flexibility index (Phi) is 6.23. The van der Waals surface area contributed by atoms with Gasteiger partial charge in [0.25, 0.3) is 0 Å². The molecule has 1 atom stereocenters. The molecular formula is C18H27N3O5S. The minimum absolute atomic E-state index is 0.0204. The molecule has 1 amide bonds. The van der Waals surface area contributed by atoms with E-state index in [2.05, 4.69) is 0 Å². The minimum Gasteiger partial charge on any atom is -0.486 e. The maximum absolute atomic E-state index is 13.0. The number of carbonyl (C=O) groups excluding carboxylic acids is 1. The first-order chi connectivity index (χ1) is 12.9. The fourth-order valence-corrected chi connectivity index (χ4v) is 4.71. The molecule has 0 spiro atoms. The van der Waals surface area contributed by atoms with Crippen LogP contribution in [-0.4, -0.2) is 69.0 Å². The molecule has 2 heterocycles. The smallest absolute Gasteiger partial charge is 0.243 e. The van der Waals surface area contributed by atoms with Crippen molar-refractivity contribution in [1.29, 1.82) is 0 Å². The Morgan fingerprint density at radius 1 is 1.15 bits per heavy atom. The van der Waals surface area contributed by atoms with Crippen LogP contribution in [0.1, 0.15) is 26.2 Å². The van der Waals surface area contributed by atoms with Gasteiger partial charge in [-0.25, -0.2) is 8.42 Å². The summed E-state index contributed by atoms with van der Waals surface area (Å²) < 4.78 is 38.4. The summed E-state index contributed by atoms with van der Waals surface area (Å²) in [6, 6.07) is 4.66. The third kappa shape index (κ3) is 4.72. The van der Waals surface area contributed by atoms with Gasteiger partial charge in [-0.3, -0.25) is 4.79 Å². The lowest BCUT2D eigenvalue weighted by Crippen LogP contribution is -2.37. The Hall–Kier alpha value is -1.84. The SMILES string of the molecule is CC(N)CCC(=O)N1CCCN(S(=O)(=O)c2ccc3c(c2)OCCO3)CC1. The largest absolute Gasteiger partial charge is 0.486 e. The molecule has 9 heteroatoms. The van der Waals surface area contributed by atoms with Crippen molar-refractivity contribution >= 4 is 15.9 Å². The fourth-order valence-electron chi connectivity index (χ4n) is 3.23. The molecule has 1 unspecified atom stereocenters. The molecule has 0 aromatic heterocycles. The summed E-state index contributed by atoms with van der Waals surface area (Å²) in [6.45, 7) is 4.34. The van der Waals surface area contributed by atoms with Crippen LogP contribution in [-0.2, 0) is 14.8 Å². The predicted molar refractivity (Wildman–Crippen MR) is 100 cm³/mol. The molecule has 0 saturated carbocycles. The quantitative estimate of drug-likeness (QED) is 0.789. The van der Waals surface area contributed by atoms with Crippen molar-refractivity contribution in [3.63, 3.8) is 0 Å². The first kappa shape index (κ1) is 19.9. The molecule has 150 valence electrons. The number of nitrogens with two attached hydrogens (primary N) is 1. The summed E-state index contributed by atoms with van der Waals surface area (Å²) in [6.07, 6.45) is 1.63. The van der Waals surface area contributed by atoms with Crippen LogP contribution < -0.4 is 15.2 Å². The number of sulfonamides is 1. The molecule has 0 aliphatic carbocycles. The van der Waals surface area contributed by atoms with E-state index in [1.165, 1.54) is 10.4 Å². The minimum atomic E-state index is -3.65. The number of hydrogen-bond donors (Lipinski definition) is 1. The molecule has 3 rings (SSSR count). The van der Waals surface area contributed by atoms with E-state index >= 15 is 0 Å². The van der Waals surface area contributed by atoms with E-state index in [0.29, 0.717) is 63.6 Å². The monoisotopic (exact) mass is 397 g/mol. The molecule has 1 fully saturated rings. The Bertz CT molecular complexity index is 781. The average molecular weight is 397 g/mol. The molecule has 8 nitrogen and oxygen atoms in total. The molecule has 1 aromatic rings. The summed E-state index contributed by atoms with van der Waals surface area (Å²) >= 11 is 0. The van der Waals surface area contributed by atoms with Crippen LogP contribution >= 0.6 is 0 Å². The summed E-state index contributed by atoms with van der Waals surface area (Å²) in [4.78, 5) is 14.2. The van der Waals surface area contributed by atoms with Gasteiger partial charge in [-0.05, 0) is 31.9 Å². The van der Waals surface area contributed by atoms with Crippen molar-refractivity contribution in [2.75, 3.05) is 39.4 Å². The highest BCUT2D eigenvalue weighted by molar-refractivity contribution is 7.89. The van der Waals surface area contributed by atoms with Crippen LogP contribution in [0.3, 0.4) is 0 Å². The van der Waals surface area contributed by atoms with Crippen molar-refractivity contribution in [3.05, 3.63) is 18.2 Å². The lowest BCUT2D eigenvalue weighted by molar-refractivity contribution is -0.131. The van der Waals surface area contributed by atoms with Gasteiger partial charge < -0.3 is 20.1 Å². The number of benzene rings is 1. The number of hydrogen-bond acceptors (Lipinski definition) is 6. The molecule has 0 bridgehead atoms. The first-order valence-corrected chi connectivity index (χ1v) is 10.7. The van der Waals surface area contributed by atoms with Crippen LogP contribution in [0.2, 0.25) is 0 Å². The van der Waals surface area contributed by atoms with Crippen molar-refractivity contribution in [2.24, 2.45) is 5.73 Å². The topological polar surface area (TPSA) is 102 Å². The molecule has 2 N–H and O–H groups in total. The number of nitrogens with zero attached hydrogens (tertiary/aromatic N) is 2. The zero-order valence-corrected chi connectivity index (χ0v) is 16.4. The van der Waals surface area contributed by atoms with E-state index < -0.39 is 10.0 Å². The predicted octanol–water partition coefficient (Wildman–Crippen LogP) is 0.808. The number of rotatable bonds is 5. The van der Waals surface area contributed by atoms with Crippen molar-refractivity contribution in [2.45, 2.75) is 37.1 Å². The van der Waals surface area contributed by atoms with Gasteiger partial charge in [0, 0.05) is 44.7 Å². The van der Waals surface area contributed by atoms with E-state index in [9.17, 15) is 13.2 Å². The highest BCUT2D eigenvalue weighted by Crippen LogP contribution is 2.33. The molecular weight excluding hydrogens is 370 g/mol. The lowest BCUT2D eigenvalue weighted by atomic mass is 10.2. The molecule has 1 saturated heterocycles. The van der Waals surface area contributed by atoms with Crippen LogP contribution in [0.15, 0.2) is 23.1 Å². The van der Waals surface area contributed by atoms with Crippen molar-refractivity contribution in [1.82, 2.24) is 9.21 Å². The van der Waals surface area contributed by atoms with E-state index in [0.717, 1.165) is 0 Å². The Balaban J connectivity index is 1.68. The van der Waals surface area contributed by atoms with Gasteiger partial charge in [-0.1, -0.05) is 0 Å². The molecule has 27 heavy (non-hydrogen) atoms. The van der Waals surface area contributed by atoms with Gasteiger partial charge in [-0.2, -0.15) is 4.31 Å². The second-order valence-corrected chi connectivity index (χ2v) is 8.90. The summed E-state index contributed by atoms with van der Waals surface area (Å²) in [7, 11) is -3.65. The zero-order valence-electron chi connectivity index (χ0n) is 15.6. The Labute approximate surface area is 160 Å². The second kappa shape index (κ2) is 8.45. The lowest BCUT2D eigenvalue weighted by Gasteiger charge is -2.23. The number of ether oxygens (including phenoxy) is 2. The third-order valence-corrected chi connectivity index (χ3v) is 6.67. The first-order valence-electron chi connectivity index (χ1n) is 9.31. The third-order valence-electron chi connectivity index (χ3n) is 4.77. The van der Waals surface area contributed by atoms with Crippen molar-refractivity contribution < 1.29 is 22.7 Å². The van der Waals surface area contributed by atoms with Gasteiger partial charge >= 0.3 is 0 Å². The van der Waals surface area contributed by atoms with Crippen molar-refractivity contribution in [3.8, 4) is 11.5 Å². The number of fused-ring (bicyclic) bond motifs is 1. The van der Waals surface area contributed by atoms with Gasteiger partial charge in [0.15, 0.2) is 11.5 Å². The van der Waals surface area contributed by atoms with Gasteiger partial charge in [0.05, 0.1) is 4.90 Å². The Morgan fingerprint density at radius 2 is 1.89 bits per heavy atom. The summed E-state index contributed by atoms with van der Waals surface area (Å²) in [5.41, 5.74) is 5.72. The molecule has 2 aliphatic heterocycles.